The Morgan fingerprint density at radius 3 is 2.94 bits per heavy atom. The summed E-state index contributed by atoms with van der Waals surface area (Å²) in [6, 6.07) is 1.94. The largest absolute Gasteiger partial charge is 0.364 e. The lowest BCUT2D eigenvalue weighted by Gasteiger charge is -2.34. The maximum absolute atomic E-state index is 11.7. The zero-order chi connectivity index (χ0) is 13.0. The van der Waals surface area contributed by atoms with E-state index in [-0.39, 0.29) is 5.91 Å². The van der Waals surface area contributed by atoms with E-state index in [9.17, 15) is 4.79 Å². The Hall–Kier alpha value is -1.36. The molecule has 0 spiro atoms. The lowest BCUT2D eigenvalue weighted by Crippen LogP contribution is -2.45. The molecule has 1 N–H and O–H groups in total. The van der Waals surface area contributed by atoms with Crippen molar-refractivity contribution >= 4 is 5.91 Å². The van der Waals surface area contributed by atoms with Crippen LogP contribution in [-0.2, 0) is 0 Å². The summed E-state index contributed by atoms with van der Waals surface area (Å²) in [6.45, 7) is 7.36. The fourth-order valence-electron chi connectivity index (χ4n) is 2.26. The predicted molar refractivity (Wildman–Crippen MR) is 68.3 cm³/mol. The molecule has 1 saturated heterocycles. The van der Waals surface area contributed by atoms with Crippen molar-refractivity contribution in [3.8, 4) is 0 Å². The highest BCUT2D eigenvalue weighted by Crippen LogP contribution is 2.17. The third-order valence-corrected chi connectivity index (χ3v) is 3.67. The fraction of sp³-hybridized carbons (Fsp3) is 0.692. The molecule has 1 atom stereocenters. The number of carbonyl (C=O) groups excluding carboxylic acids is 1. The van der Waals surface area contributed by atoms with Gasteiger partial charge in [0, 0.05) is 18.7 Å². The van der Waals surface area contributed by atoms with E-state index in [1.807, 2.05) is 0 Å². The van der Waals surface area contributed by atoms with Gasteiger partial charge >= 0.3 is 0 Å². The zero-order valence-electron chi connectivity index (χ0n) is 11.1. The Kier molecular flexibility index (Phi) is 4.36. The Bertz CT molecular complexity index is 370. The molecule has 1 aliphatic rings. The summed E-state index contributed by atoms with van der Waals surface area (Å²) in [6.07, 6.45) is 3.91. The third kappa shape index (κ3) is 3.32. The van der Waals surface area contributed by atoms with E-state index in [1.165, 1.54) is 19.1 Å². The summed E-state index contributed by atoms with van der Waals surface area (Å²) < 4.78 is 4.65. The predicted octanol–water partition coefficient (Wildman–Crippen LogP) is 1.52. The minimum absolute atomic E-state index is 0.166. The number of nitrogens with one attached hydrogen (secondary N) is 1. The summed E-state index contributed by atoms with van der Waals surface area (Å²) in [7, 11) is 0. The van der Waals surface area contributed by atoms with Gasteiger partial charge in [-0.05, 0) is 38.8 Å². The van der Waals surface area contributed by atoms with Gasteiger partial charge in [-0.15, -0.1) is 0 Å². The number of carbonyl (C=O) groups is 1. The molecule has 0 bridgehead atoms. The van der Waals surface area contributed by atoms with Crippen molar-refractivity contribution in [3.05, 3.63) is 18.0 Å². The van der Waals surface area contributed by atoms with E-state index in [1.54, 1.807) is 6.07 Å². The summed E-state index contributed by atoms with van der Waals surface area (Å²) in [5.41, 5.74) is 0.342. The van der Waals surface area contributed by atoms with Crippen LogP contribution in [0.25, 0.3) is 0 Å². The van der Waals surface area contributed by atoms with E-state index in [0.717, 1.165) is 19.0 Å². The Morgan fingerprint density at radius 2 is 2.33 bits per heavy atom. The Morgan fingerprint density at radius 1 is 1.61 bits per heavy atom. The molecule has 18 heavy (non-hydrogen) atoms. The molecule has 0 aliphatic carbocycles. The number of hydrogen-bond acceptors (Lipinski definition) is 4. The summed E-state index contributed by atoms with van der Waals surface area (Å²) in [4.78, 5) is 14.1. The van der Waals surface area contributed by atoms with Crippen molar-refractivity contribution < 1.29 is 9.32 Å². The van der Waals surface area contributed by atoms with Crippen LogP contribution in [0.1, 0.15) is 37.2 Å². The number of likely N-dealkylation sites (tertiary alicyclic amines) is 1. The van der Waals surface area contributed by atoms with E-state index in [2.05, 4.69) is 33.7 Å². The maximum Gasteiger partial charge on any atom is 0.273 e. The first-order valence-corrected chi connectivity index (χ1v) is 6.59. The minimum Gasteiger partial charge on any atom is -0.364 e. The van der Waals surface area contributed by atoms with Gasteiger partial charge in [-0.3, -0.25) is 9.69 Å². The highest BCUT2D eigenvalue weighted by molar-refractivity contribution is 5.91. The van der Waals surface area contributed by atoms with Crippen LogP contribution in [-0.4, -0.2) is 41.6 Å². The SMILES string of the molecule is CC1CCN(C(C)CNC(=O)c2ccon2)CC1. The summed E-state index contributed by atoms with van der Waals surface area (Å²) >= 11 is 0. The van der Waals surface area contributed by atoms with E-state index >= 15 is 0 Å². The number of hydrogen-bond donors (Lipinski definition) is 1. The van der Waals surface area contributed by atoms with E-state index in [0.29, 0.717) is 18.3 Å². The minimum atomic E-state index is -0.166. The number of nitrogens with zero attached hydrogens (tertiary/aromatic N) is 2. The van der Waals surface area contributed by atoms with Crippen LogP contribution in [0, 0.1) is 5.92 Å². The average Bonchev–Trinajstić information content (AvgIpc) is 2.90. The highest BCUT2D eigenvalue weighted by atomic mass is 16.5. The number of rotatable bonds is 4. The van der Waals surface area contributed by atoms with Crippen LogP contribution >= 0.6 is 0 Å². The van der Waals surface area contributed by atoms with Crippen molar-refractivity contribution in [1.82, 2.24) is 15.4 Å². The lowest BCUT2D eigenvalue weighted by molar-refractivity contribution is 0.0913. The number of aromatic nitrogens is 1. The monoisotopic (exact) mass is 251 g/mol. The van der Waals surface area contributed by atoms with Crippen LogP contribution in [0.3, 0.4) is 0 Å². The van der Waals surface area contributed by atoms with Gasteiger partial charge in [-0.1, -0.05) is 12.1 Å². The molecule has 1 unspecified atom stereocenters. The quantitative estimate of drug-likeness (QED) is 0.881. The topological polar surface area (TPSA) is 58.4 Å². The second-order valence-corrected chi connectivity index (χ2v) is 5.16. The average molecular weight is 251 g/mol. The van der Waals surface area contributed by atoms with E-state index < -0.39 is 0 Å². The van der Waals surface area contributed by atoms with E-state index in [4.69, 9.17) is 0 Å². The van der Waals surface area contributed by atoms with Gasteiger partial charge in [-0.2, -0.15) is 0 Å². The van der Waals surface area contributed by atoms with Crippen LogP contribution in [0.15, 0.2) is 16.9 Å². The molecule has 1 amide bonds. The molecule has 0 saturated carbocycles. The molecule has 1 aromatic heterocycles. The molecule has 0 aromatic carbocycles. The van der Waals surface area contributed by atoms with Gasteiger partial charge in [-0.25, -0.2) is 0 Å². The molecule has 5 heteroatoms. The van der Waals surface area contributed by atoms with Gasteiger partial charge in [0.15, 0.2) is 5.69 Å². The summed E-state index contributed by atoms with van der Waals surface area (Å²) in [5.74, 6) is 0.666. The van der Waals surface area contributed by atoms with Crippen LogP contribution < -0.4 is 5.32 Å². The highest BCUT2D eigenvalue weighted by Gasteiger charge is 2.20. The number of amides is 1. The van der Waals surface area contributed by atoms with Crippen molar-refractivity contribution in [2.45, 2.75) is 32.7 Å². The second-order valence-electron chi connectivity index (χ2n) is 5.16. The smallest absolute Gasteiger partial charge is 0.273 e. The standard InChI is InChI=1S/C13H21N3O2/c1-10-3-6-16(7-4-10)11(2)9-14-13(17)12-5-8-18-15-12/h5,8,10-11H,3-4,6-7,9H2,1-2H3,(H,14,17). The van der Waals surface area contributed by atoms with Gasteiger partial charge < -0.3 is 9.84 Å². The molecule has 100 valence electrons. The van der Waals surface area contributed by atoms with Crippen molar-refractivity contribution in [1.29, 1.82) is 0 Å². The summed E-state index contributed by atoms with van der Waals surface area (Å²) in [5, 5.41) is 6.51. The molecule has 5 nitrogen and oxygen atoms in total. The molecule has 2 heterocycles. The third-order valence-electron chi connectivity index (χ3n) is 3.67. The Labute approximate surface area is 108 Å². The molecular weight excluding hydrogens is 230 g/mol. The van der Waals surface area contributed by atoms with Gasteiger partial charge in [0.2, 0.25) is 0 Å². The molecular formula is C13H21N3O2. The first-order valence-electron chi connectivity index (χ1n) is 6.59. The van der Waals surface area contributed by atoms with Gasteiger partial charge in [0.05, 0.1) is 0 Å². The lowest BCUT2D eigenvalue weighted by atomic mass is 9.98. The maximum atomic E-state index is 11.7. The fourth-order valence-corrected chi connectivity index (χ4v) is 2.26. The molecule has 1 aliphatic heterocycles. The molecule has 2 rings (SSSR count). The van der Waals surface area contributed by atoms with Crippen molar-refractivity contribution in [3.63, 3.8) is 0 Å². The normalized spacial score (nSPS) is 19.7. The van der Waals surface area contributed by atoms with Crippen molar-refractivity contribution in [2.24, 2.45) is 5.92 Å². The Balaban J connectivity index is 1.74. The molecule has 1 aromatic rings. The van der Waals surface area contributed by atoms with Crippen LogP contribution in [0.2, 0.25) is 0 Å². The molecule has 1 fully saturated rings. The second kappa shape index (κ2) is 6.00. The zero-order valence-corrected chi connectivity index (χ0v) is 11.1. The first kappa shape index (κ1) is 13.1. The van der Waals surface area contributed by atoms with Gasteiger partial charge in [0.25, 0.3) is 5.91 Å². The van der Waals surface area contributed by atoms with Gasteiger partial charge in [0.1, 0.15) is 6.26 Å². The first-order chi connectivity index (χ1) is 8.66. The van der Waals surface area contributed by atoms with Crippen LogP contribution in [0.4, 0.5) is 0 Å². The molecule has 0 radical (unpaired) electrons. The van der Waals surface area contributed by atoms with Crippen LogP contribution in [0.5, 0.6) is 0 Å². The van der Waals surface area contributed by atoms with Crippen molar-refractivity contribution in [2.75, 3.05) is 19.6 Å². The number of piperidine rings is 1.